The molecule has 1 aromatic heterocycles. The Bertz CT molecular complexity index is 741. The quantitative estimate of drug-likeness (QED) is 0.355. The van der Waals surface area contributed by atoms with Crippen LogP contribution in [0.3, 0.4) is 0 Å². The maximum atomic E-state index is 11.9. The largest absolute Gasteiger partial charge is 0.356 e. The summed E-state index contributed by atoms with van der Waals surface area (Å²) in [6, 6.07) is 12.4. The molecule has 0 aliphatic rings. The number of aromatic nitrogens is 1. The second kappa shape index (κ2) is 11.7. The third kappa shape index (κ3) is 7.39. The van der Waals surface area contributed by atoms with Crippen LogP contribution in [0, 0.1) is 0 Å². The number of nitrogens with zero attached hydrogens (tertiary/aromatic N) is 2. The molecule has 0 aliphatic carbocycles. The van der Waals surface area contributed by atoms with E-state index in [1.165, 1.54) is 11.1 Å². The lowest BCUT2D eigenvalue weighted by molar-refractivity contribution is 0.0954. The second-order valence-electron chi connectivity index (χ2n) is 6.92. The number of nitrogens with one attached hydrogen (secondary N) is 3. The Morgan fingerprint density at radius 1 is 1.04 bits per heavy atom. The zero-order chi connectivity index (χ0) is 20.2. The molecule has 0 unspecified atom stereocenters. The van der Waals surface area contributed by atoms with Gasteiger partial charge in [-0.1, -0.05) is 38.1 Å². The van der Waals surface area contributed by atoms with Crippen LogP contribution in [0.25, 0.3) is 0 Å². The van der Waals surface area contributed by atoms with Crippen molar-refractivity contribution in [3.63, 3.8) is 0 Å². The Hall–Kier alpha value is -2.89. The molecule has 1 amide bonds. The molecule has 0 atom stereocenters. The highest BCUT2D eigenvalue weighted by atomic mass is 16.1. The van der Waals surface area contributed by atoms with Crippen molar-refractivity contribution in [2.45, 2.75) is 32.6 Å². The van der Waals surface area contributed by atoms with Crippen molar-refractivity contribution >= 4 is 11.9 Å². The topological polar surface area (TPSA) is 78.4 Å². The molecule has 2 rings (SSSR count). The molecule has 6 nitrogen and oxygen atoms in total. The van der Waals surface area contributed by atoms with Gasteiger partial charge in [-0.2, -0.15) is 0 Å². The first-order chi connectivity index (χ1) is 13.6. The molecular weight excluding hydrogens is 350 g/mol. The predicted octanol–water partition coefficient (Wildman–Crippen LogP) is 2.73. The number of pyridine rings is 1. The van der Waals surface area contributed by atoms with E-state index >= 15 is 0 Å². The van der Waals surface area contributed by atoms with Crippen LogP contribution in [0.5, 0.6) is 0 Å². The zero-order valence-corrected chi connectivity index (χ0v) is 17.0. The van der Waals surface area contributed by atoms with Gasteiger partial charge in [-0.15, -0.1) is 0 Å². The van der Waals surface area contributed by atoms with E-state index in [2.05, 4.69) is 64.0 Å². The third-order valence-electron chi connectivity index (χ3n) is 4.43. The molecule has 0 bridgehead atoms. The van der Waals surface area contributed by atoms with Crippen LogP contribution in [-0.4, -0.2) is 43.5 Å². The number of hydrogen-bond donors (Lipinski definition) is 3. The van der Waals surface area contributed by atoms with Crippen LogP contribution in [0.2, 0.25) is 0 Å². The Balaban J connectivity index is 1.60. The number of carbonyl (C=O) groups is 1. The first-order valence-corrected chi connectivity index (χ1v) is 9.81. The van der Waals surface area contributed by atoms with Gasteiger partial charge in [0.2, 0.25) is 0 Å². The van der Waals surface area contributed by atoms with Gasteiger partial charge in [-0.05, 0) is 42.0 Å². The predicted molar refractivity (Wildman–Crippen MR) is 115 cm³/mol. The lowest BCUT2D eigenvalue weighted by Gasteiger charge is -2.12. The molecule has 0 fully saturated rings. The van der Waals surface area contributed by atoms with Crippen molar-refractivity contribution in [1.82, 2.24) is 20.9 Å². The molecule has 0 spiro atoms. The van der Waals surface area contributed by atoms with Crippen molar-refractivity contribution in [2.24, 2.45) is 4.99 Å². The molecule has 0 aliphatic heterocycles. The van der Waals surface area contributed by atoms with Crippen molar-refractivity contribution in [2.75, 3.05) is 26.7 Å². The van der Waals surface area contributed by atoms with E-state index in [0.29, 0.717) is 24.6 Å². The van der Waals surface area contributed by atoms with Crippen LogP contribution in [0.4, 0.5) is 0 Å². The van der Waals surface area contributed by atoms with E-state index in [1.54, 1.807) is 31.6 Å². The van der Waals surface area contributed by atoms with E-state index in [1.807, 2.05) is 0 Å². The van der Waals surface area contributed by atoms with Gasteiger partial charge >= 0.3 is 0 Å². The molecule has 1 aromatic carbocycles. The van der Waals surface area contributed by atoms with Gasteiger partial charge in [-0.3, -0.25) is 14.8 Å². The first-order valence-electron chi connectivity index (χ1n) is 9.81. The fourth-order valence-electron chi connectivity index (χ4n) is 2.75. The maximum Gasteiger partial charge on any atom is 0.252 e. The van der Waals surface area contributed by atoms with E-state index in [9.17, 15) is 4.79 Å². The first kappa shape index (κ1) is 21.4. The van der Waals surface area contributed by atoms with Crippen LogP contribution in [0.15, 0.2) is 53.8 Å². The molecule has 3 N–H and O–H groups in total. The molecule has 0 saturated carbocycles. The van der Waals surface area contributed by atoms with Crippen LogP contribution < -0.4 is 16.0 Å². The van der Waals surface area contributed by atoms with Crippen molar-refractivity contribution in [1.29, 1.82) is 0 Å². The smallest absolute Gasteiger partial charge is 0.252 e. The zero-order valence-electron chi connectivity index (χ0n) is 17.0. The SMILES string of the molecule is CN=C(NCCCc1ccc(C(C)C)cc1)NCCNC(=O)c1cccnc1. The fourth-order valence-corrected chi connectivity index (χ4v) is 2.75. The average molecular weight is 382 g/mol. The van der Waals surface area contributed by atoms with Gasteiger partial charge < -0.3 is 16.0 Å². The molecule has 0 radical (unpaired) electrons. The van der Waals surface area contributed by atoms with Gasteiger partial charge in [0.25, 0.3) is 5.91 Å². The molecule has 150 valence electrons. The monoisotopic (exact) mass is 381 g/mol. The number of guanidine groups is 1. The summed E-state index contributed by atoms with van der Waals surface area (Å²) in [4.78, 5) is 20.1. The third-order valence-corrected chi connectivity index (χ3v) is 4.43. The summed E-state index contributed by atoms with van der Waals surface area (Å²) >= 11 is 0. The van der Waals surface area contributed by atoms with Crippen molar-refractivity contribution in [3.8, 4) is 0 Å². The summed E-state index contributed by atoms with van der Waals surface area (Å²) in [5, 5.41) is 9.36. The van der Waals surface area contributed by atoms with Gasteiger partial charge in [0.1, 0.15) is 0 Å². The van der Waals surface area contributed by atoms with E-state index in [4.69, 9.17) is 0 Å². The number of aryl methyl sites for hydroxylation is 1. The van der Waals surface area contributed by atoms with Crippen molar-refractivity contribution < 1.29 is 4.79 Å². The molecule has 1 heterocycles. The summed E-state index contributed by atoms with van der Waals surface area (Å²) in [5.41, 5.74) is 3.29. The van der Waals surface area contributed by atoms with Gasteiger partial charge in [0.15, 0.2) is 5.96 Å². The van der Waals surface area contributed by atoms with Gasteiger partial charge in [-0.25, -0.2) is 0 Å². The number of benzene rings is 1. The van der Waals surface area contributed by atoms with E-state index < -0.39 is 0 Å². The summed E-state index contributed by atoms with van der Waals surface area (Å²) in [6.45, 7) is 6.37. The number of hydrogen-bond acceptors (Lipinski definition) is 3. The highest BCUT2D eigenvalue weighted by Gasteiger charge is 2.04. The number of carbonyl (C=O) groups excluding carboxylic acids is 1. The summed E-state index contributed by atoms with van der Waals surface area (Å²) in [7, 11) is 1.74. The summed E-state index contributed by atoms with van der Waals surface area (Å²) in [6.07, 6.45) is 5.26. The van der Waals surface area contributed by atoms with Gasteiger partial charge in [0.05, 0.1) is 5.56 Å². The minimum Gasteiger partial charge on any atom is -0.356 e. The lowest BCUT2D eigenvalue weighted by Crippen LogP contribution is -2.41. The Morgan fingerprint density at radius 2 is 1.75 bits per heavy atom. The van der Waals surface area contributed by atoms with Crippen LogP contribution in [-0.2, 0) is 6.42 Å². The molecule has 2 aromatic rings. The Labute approximate surface area is 167 Å². The molecular formula is C22H31N5O. The Morgan fingerprint density at radius 3 is 2.39 bits per heavy atom. The molecule has 6 heteroatoms. The van der Waals surface area contributed by atoms with Crippen molar-refractivity contribution in [3.05, 3.63) is 65.5 Å². The van der Waals surface area contributed by atoms with E-state index in [0.717, 1.165) is 25.3 Å². The fraction of sp³-hybridized carbons (Fsp3) is 0.409. The normalized spacial score (nSPS) is 11.4. The summed E-state index contributed by atoms with van der Waals surface area (Å²) in [5.74, 6) is 1.19. The highest BCUT2D eigenvalue weighted by molar-refractivity contribution is 5.93. The van der Waals surface area contributed by atoms with Gasteiger partial charge in [0, 0.05) is 39.1 Å². The lowest BCUT2D eigenvalue weighted by atomic mass is 10.0. The van der Waals surface area contributed by atoms with Crippen LogP contribution >= 0.6 is 0 Å². The second-order valence-corrected chi connectivity index (χ2v) is 6.92. The highest BCUT2D eigenvalue weighted by Crippen LogP contribution is 2.15. The number of aliphatic imine (C=N–C) groups is 1. The average Bonchev–Trinajstić information content (AvgIpc) is 2.73. The minimum atomic E-state index is -0.124. The Kier molecular flexibility index (Phi) is 8.98. The van der Waals surface area contributed by atoms with E-state index in [-0.39, 0.29) is 5.91 Å². The standard InChI is InChI=1S/C22H31N5O/c1-17(2)19-10-8-18(9-11-19)6-4-13-26-22(23-3)27-15-14-25-21(28)20-7-5-12-24-16-20/h5,7-12,16-17H,4,6,13-15H2,1-3H3,(H,25,28)(H2,23,26,27). The number of amides is 1. The van der Waals surface area contributed by atoms with Crippen LogP contribution in [0.1, 0.15) is 47.7 Å². The molecule has 0 saturated heterocycles. The minimum absolute atomic E-state index is 0.124. The summed E-state index contributed by atoms with van der Waals surface area (Å²) < 4.78 is 0. The molecule has 28 heavy (non-hydrogen) atoms. The maximum absolute atomic E-state index is 11.9. The number of rotatable bonds is 9.